The Bertz CT molecular complexity index is 1140. The maximum absolute atomic E-state index is 9.34. The van der Waals surface area contributed by atoms with E-state index in [2.05, 4.69) is 30.2 Å². The van der Waals surface area contributed by atoms with Gasteiger partial charge in [-0.25, -0.2) is 19.9 Å². The van der Waals surface area contributed by atoms with Gasteiger partial charge in [-0.1, -0.05) is 6.07 Å². The summed E-state index contributed by atoms with van der Waals surface area (Å²) in [5.74, 6) is 1.04. The molecule has 0 unspecified atom stereocenters. The molecule has 4 rings (SSSR count). The number of pyridine rings is 1. The van der Waals surface area contributed by atoms with Gasteiger partial charge in [0.2, 0.25) is 5.78 Å². The molecule has 0 spiro atoms. The molecule has 9 heteroatoms. The van der Waals surface area contributed by atoms with Crippen molar-refractivity contribution in [2.45, 2.75) is 13.0 Å². The van der Waals surface area contributed by atoms with Gasteiger partial charge in [-0.05, 0) is 25.1 Å². The average Bonchev–Trinajstić information content (AvgIpc) is 3.08. The van der Waals surface area contributed by atoms with Crippen LogP contribution < -0.4 is 11.1 Å². The Hall–Kier alpha value is -4.06. The second-order valence-corrected chi connectivity index (χ2v) is 5.81. The topological polar surface area (TPSA) is 131 Å². The zero-order valence-corrected chi connectivity index (χ0v) is 14.4. The van der Waals surface area contributed by atoms with Gasteiger partial charge in [0, 0.05) is 18.6 Å². The van der Waals surface area contributed by atoms with Gasteiger partial charge in [-0.3, -0.25) is 9.38 Å². The van der Waals surface area contributed by atoms with Crippen LogP contribution in [0.4, 0.5) is 11.6 Å². The van der Waals surface area contributed by atoms with Crippen molar-refractivity contribution < 1.29 is 0 Å². The number of imidazole rings is 1. The van der Waals surface area contributed by atoms with Gasteiger partial charge >= 0.3 is 0 Å². The van der Waals surface area contributed by atoms with E-state index in [0.29, 0.717) is 11.6 Å². The molecule has 0 aromatic carbocycles. The summed E-state index contributed by atoms with van der Waals surface area (Å²) >= 11 is 0. The number of hydrogen-bond acceptors (Lipinski definition) is 8. The molecule has 4 heterocycles. The highest BCUT2D eigenvalue weighted by molar-refractivity contribution is 5.66. The summed E-state index contributed by atoms with van der Waals surface area (Å²) in [5.41, 5.74) is 8.29. The smallest absolute Gasteiger partial charge is 0.234 e. The molecule has 4 aromatic rings. The van der Waals surface area contributed by atoms with E-state index in [-0.39, 0.29) is 17.4 Å². The highest BCUT2D eigenvalue weighted by Gasteiger charge is 2.22. The Morgan fingerprint density at radius 2 is 2.00 bits per heavy atom. The van der Waals surface area contributed by atoms with Gasteiger partial charge in [0.25, 0.3) is 0 Å². The minimum atomic E-state index is -0.287. The van der Waals surface area contributed by atoms with Gasteiger partial charge < -0.3 is 11.1 Å². The van der Waals surface area contributed by atoms with Crippen LogP contribution in [0.5, 0.6) is 0 Å². The van der Waals surface area contributed by atoms with Crippen molar-refractivity contribution in [1.29, 1.82) is 5.26 Å². The van der Waals surface area contributed by atoms with Crippen molar-refractivity contribution in [3.05, 3.63) is 60.4 Å². The molecule has 1 atom stereocenters. The normalized spacial score (nSPS) is 11.9. The minimum absolute atomic E-state index is 0.129. The Kier molecular flexibility index (Phi) is 4.06. The minimum Gasteiger partial charge on any atom is -0.382 e. The quantitative estimate of drug-likeness (QED) is 0.568. The van der Waals surface area contributed by atoms with E-state index >= 15 is 0 Å². The standard InChI is InChI=1S/C18H15N9/c1-11(25-17-12(9-19)16(20)23-10-24-17)14-15(13-5-2-3-6-21-13)27-8-4-7-22-18(27)26-14/h2-8,10-11H,1H3,(H3,20,23,24,25)/t11-/m0/s1. The van der Waals surface area contributed by atoms with Gasteiger partial charge in [0.1, 0.15) is 29.6 Å². The molecule has 27 heavy (non-hydrogen) atoms. The van der Waals surface area contributed by atoms with Crippen molar-refractivity contribution in [3.63, 3.8) is 0 Å². The molecule has 132 valence electrons. The van der Waals surface area contributed by atoms with E-state index in [1.165, 1.54) is 6.33 Å². The number of hydrogen-bond donors (Lipinski definition) is 2. The Balaban J connectivity index is 1.82. The van der Waals surface area contributed by atoms with Crippen molar-refractivity contribution in [3.8, 4) is 17.5 Å². The van der Waals surface area contributed by atoms with Gasteiger partial charge in [0.05, 0.1) is 23.1 Å². The van der Waals surface area contributed by atoms with Crippen molar-refractivity contribution in [2.75, 3.05) is 11.1 Å². The summed E-state index contributed by atoms with van der Waals surface area (Å²) in [6.45, 7) is 1.92. The lowest BCUT2D eigenvalue weighted by Gasteiger charge is -2.15. The Morgan fingerprint density at radius 3 is 2.78 bits per heavy atom. The van der Waals surface area contributed by atoms with Crippen LogP contribution in [-0.2, 0) is 0 Å². The molecular formula is C18H15N9. The number of fused-ring (bicyclic) bond motifs is 1. The largest absolute Gasteiger partial charge is 0.382 e. The summed E-state index contributed by atoms with van der Waals surface area (Å²) in [6, 6.07) is 9.26. The average molecular weight is 357 g/mol. The van der Waals surface area contributed by atoms with Crippen LogP contribution in [0.15, 0.2) is 49.2 Å². The zero-order valence-electron chi connectivity index (χ0n) is 14.4. The third-order valence-electron chi connectivity index (χ3n) is 4.09. The maximum Gasteiger partial charge on any atom is 0.234 e. The first-order valence-electron chi connectivity index (χ1n) is 8.20. The molecular weight excluding hydrogens is 342 g/mol. The van der Waals surface area contributed by atoms with E-state index in [1.54, 1.807) is 12.4 Å². The number of nitriles is 1. The van der Waals surface area contributed by atoms with Gasteiger partial charge in [-0.15, -0.1) is 0 Å². The Morgan fingerprint density at radius 1 is 1.15 bits per heavy atom. The van der Waals surface area contributed by atoms with Crippen LogP contribution in [-0.4, -0.2) is 29.3 Å². The van der Waals surface area contributed by atoms with E-state index < -0.39 is 0 Å². The molecule has 0 saturated carbocycles. The van der Waals surface area contributed by atoms with Crippen molar-refractivity contribution >= 4 is 17.4 Å². The maximum atomic E-state index is 9.34. The van der Waals surface area contributed by atoms with Gasteiger partial charge in [-0.2, -0.15) is 5.26 Å². The van der Waals surface area contributed by atoms with Gasteiger partial charge in [0.15, 0.2) is 0 Å². The number of nitrogens with zero attached hydrogens (tertiary/aromatic N) is 7. The summed E-state index contributed by atoms with van der Waals surface area (Å²) in [4.78, 5) is 21.4. The second kappa shape index (κ2) is 6.68. The predicted molar refractivity (Wildman–Crippen MR) is 99.4 cm³/mol. The van der Waals surface area contributed by atoms with E-state index in [4.69, 9.17) is 5.73 Å². The molecule has 4 aromatic heterocycles. The zero-order chi connectivity index (χ0) is 18.8. The first-order valence-corrected chi connectivity index (χ1v) is 8.20. The molecule has 0 radical (unpaired) electrons. The third-order valence-corrected chi connectivity index (χ3v) is 4.09. The molecule has 0 amide bonds. The second-order valence-electron chi connectivity index (χ2n) is 5.81. The monoisotopic (exact) mass is 357 g/mol. The molecule has 0 aliphatic carbocycles. The number of nitrogen functional groups attached to an aromatic ring is 1. The lowest BCUT2D eigenvalue weighted by atomic mass is 10.1. The van der Waals surface area contributed by atoms with E-state index in [1.807, 2.05) is 47.9 Å². The molecule has 9 nitrogen and oxygen atoms in total. The number of aromatic nitrogens is 6. The lowest BCUT2D eigenvalue weighted by molar-refractivity contribution is 0.841. The SMILES string of the molecule is C[C@H](Nc1ncnc(N)c1C#N)c1nc2ncccn2c1-c1ccccn1. The molecule has 0 saturated heterocycles. The van der Waals surface area contributed by atoms with Crippen LogP contribution >= 0.6 is 0 Å². The number of rotatable bonds is 4. The first kappa shape index (κ1) is 16.4. The number of anilines is 2. The fourth-order valence-electron chi connectivity index (χ4n) is 2.86. The summed E-state index contributed by atoms with van der Waals surface area (Å²) in [6.07, 6.45) is 6.62. The number of nitrogens with one attached hydrogen (secondary N) is 1. The van der Waals surface area contributed by atoms with Crippen molar-refractivity contribution in [1.82, 2.24) is 29.3 Å². The molecule has 0 fully saturated rings. The Labute approximate surface area is 154 Å². The number of nitrogens with two attached hydrogens (primary N) is 1. The van der Waals surface area contributed by atoms with Crippen LogP contribution in [0.3, 0.4) is 0 Å². The highest BCUT2D eigenvalue weighted by atomic mass is 15.1. The fourth-order valence-corrected chi connectivity index (χ4v) is 2.86. The lowest BCUT2D eigenvalue weighted by Crippen LogP contribution is -2.12. The molecule has 0 bridgehead atoms. The van der Waals surface area contributed by atoms with E-state index in [9.17, 15) is 5.26 Å². The first-order chi connectivity index (χ1) is 13.2. The van der Waals surface area contributed by atoms with Crippen LogP contribution in [0, 0.1) is 11.3 Å². The predicted octanol–water partition coefficient (Wildman–Crippen LogP) is 2.21. The third kappa shape index (κ3) is 2.89. The van der Waals surface area contributed by atoms with Crippen LogP contribution in [0.25, 0.3) is 17.2 Å². The molecule has 0 aliphatic rings. The van der Waals surface area contributed by atoms with Crippen molar-refractivity contribution in [2.24, 2.45) is 0 Å². The summed E-state index contributed by atoms with van der Waals surface area (Å²) in [5, 5.41) is 12.5. The van der Waals surface area contributed by atoms with Crippen LogP contribution in [0.1, 0.15) is 24.2 Å². The molecule has 3 N–H and O–H groups in total. The summed E-state index contributed by atoms with van der Waals surface area (Å²) < 4.78 is 1.88. The fraction of sp³-hybridized carbons (Fsp3) is 0.111. The summed E-state index contributed by atoms with van der Waals surface area (Å²) in [7, 11) is 0. The van der Waals surface area contributed by atoms with Crippen LogP contribution in [0.2, 0.25) is 0 Å². The van der Waals surface area contributed by atoms with E-state index in [0.717, 1.165) is 17.1 Å². The highest BCUT2D eigenvalue weighted by Crippen LogP contribution is 2.30. The molecule has 0 aliphatic heterocycles.